The van der Waals surface area contributed by atoms with Crippen molar-refractivity contribution in [2.75, 3.05) is 13.7 Å². The number of ether oxygens (including phenoxy) is 1. The second kappa shape index (κ2) is 6.75. The van der Waals surface area contributed by atoms with Gasteiger partial charge in [-0.3, -0.25) is 4.79 Å². The molecule has 1 aromatic heterocycles. The van der Waals surface area contributed by atoms with Crippen molar-refractivity contribution in [3.05, 3.63) is 64.8 Å². The number of H-pyrrole nitrogens is 1. The minimum Gasteiger partial charge on any atom is -0.497 e. The molecule has 3 aromatic rings. The fourth-order valence-electron chi connectivity index (χ4n) is 2.43. The molecular formula is C18H17ClN2O2. The highest BCUT2D eigenvalue weighted by Gasteiger charge is 2.09. The predicted octanol–water partition coefficient (Wildman–Crippen LogP) is 3.80. The van der Waals surface area contributed by atoms with Gasteiger partial charge in [0.2, 0.25) is 0 Å². The summed E-state index contributed by atoms with van der Waals surface area (Å²) in [4.78, 5) is 15.3. The van der Waals surface area contributed by atoms with Crippen LogP contribution in [0.4, 0.5) is 0 Å². The summed E-state index contributed by atoms with van der Waals surface area (Å²) in [5.41, 5.74) is 2.59. The Morgan fingerprint density at radius 3 is 2.70 bits per heavy atom. The summed E-state index contributed by atoms with van der Waals surface area (Å²) in [6.07, 6.45) is 0.761. The first-order chi connectivity index (χ1) is 11.2. The minimum atomic E-state index is -0.117. The third-order valence-corrected chi connectivity index (χ3v) is 3.94. The molecule has 0 aliphatic carbocycles. The molecule has 118 valence electrons. The highest BCUT2D eigenvalue weighted by Crippen LogP contribution is 2.21. The molecule has 0 saturated heterocycles. The molecule has 0 atom stereocenters. The average molecular weight is 329 g/mol. The van der Waals surface area contributed by atoms with E-state index in [1.54, 1.807) is 7.11 Å². The van der Waals surface area contributed by atoms with Gasteiger partial charge in [0, 0.05) is 22.5 Å². The molecule has 1 amide bonds. The molecule has 0 fully saturated rings. The molecule has 5 heteroatoms. The molecule has 3 rings (SSSR count). The topological polar surface area (TPSA) is 54.1 Å². The summed E-state index contributed by atoms with van der Waals surface area (Å²) in [6, 6.07) is 15.1. The molecular weight excluding hydrogens is 312 g/mol. The van der Waals surface area contributed by atoms with Crippen molar-refractivity contribution in [3.8, 4) is 5.75 Å². The molecule has 2 N–H and O–H groups in total. The molecule has 1 heterocycles. The summed E-state index contributed by atoms with van der Waals surface area (Å²) in [5, 5.41) is 4.58. The van der Waals surface area contributed by atoms with Crippen LogP contribution in [0, 0.1) is 0 Å². The fraction of sp³-hybridized carbons (Fsp3) is 0.167. The van der Waals surface area contributed by atoms with Crippen LogP contribution in [0.2, 0.25) is 5.02 Å². The van der Waals surface area contributed by atoms with Crippen LogP contribution in [0.1, 0.15) is 16.1 Å². The van der Waals surface area contributed by atoms with Gasteiger partial charge in [0.05, 0.1) is 7.11 Å². The summed E-state index contributed by atoms with van der Waals surface area (Å²) < 4.78 is 5.19. The van der Waals surface area contributed by atoms with Gasteiger partial charge in [0.15, 0.2) is 0 Å². The molecule has 0 bridgehead atoms. The van der Waals surface area contributed by atoms with Crippen molar-refractivity contribution < 1.29 is 9.53 Å². The first-order valence-electron chi connectivity index (χ1n) is 7.35. The number of rotatable bonds is 5. The van der Waals surface area contributed by atoms with Crippen molar-refractivity contribution in [1.29, 1.82) is 0 Å². The molecule has 0 aliphatic rings. The highest BCUT2D eigenvalue weighted by molar-refractivity contribution is 6.30. The van der Waals surface area contributed by atoms with Gasteiger partial charge in [0.25, 0.3) is 5.91 Å². The number of benzene rings is 2. The van der Waals surface area contributed by atoms with E-state index in [-0.39, 0.29) is 5.91 Å². The fourth-order valence-corrected chi connectivity index (χ4v) is 2.55. The Balaban J connectivity index is 1.62. The van der Waals surface area contributed by atoms with Crippen LogP contribution in [0.15, 0.2) is 48.5 Å². The van der Waals surface area contributed by atoms with Crippen molar-refractivity contribution in [1.82, 2.24) is 10.3 Å². The van der Waals surface area contributed by atoms with E-state index in [1.807, 2.05) is 48.5 Å². The summed E-state index contributed by atoms with van der Waals surface area (Å²) >= 11 is 5.85. The van der Waals surface area contributed by atoms with Crippen molar-refractivity contribution in [2.45, 2.75) is 6.42 Å². The molecule has 0 radical (unpaired) electrons. The summed E-state index contributed by atoms with van der Waals surface area (Å²) in [6.45, 7) is 0.569. The number of carbonyl (C=O) groups is 1. The molecule has 0 spiro atoms. The molecule has 2 aromatic carbocycles. The van der Waals surface area contributed by atoms with E-state index in [4.69, 9.17) is 16.3 Å². The first-order valence-corrected chi connectivity index (χ1v) is 7.73. The number of fused-ring (bicyclic) bond motifs is 1. The molecule has 0 aliphatic heterocycles. The van der Waals surface area contributed by atoms with Crippen LogP contribution in [0.5, 0.6) is 5.75 Å². The third-order valence-electron chi connectivity index (χ3n) is 3.69. The lowest BCUT2D eigenvalue weighted by atomic mass is 10.1. The Morgan fingerprint density at radius 2 is 1.96 bits per heavy atom. The summed E-state index contributed by atoms with van der Waals surface area (Å²) in [5.74, 6) is 0.653. The normalized spacial score (nSPS) is 10.7. The lowest BCUT2D eigenvalue weighted by molar-refractivity contribution is 0.0950. The molecule has 4 nitrogen and oxygen atoms in total. The van der Waals surface area contributed by atoms with E-state index in [0.29, 0.717) is 17.3 Å². The van der Waals surface area contributed by atoms with Gasteiger partial charge < -0.3 is 15.0 Å². The highest BCUT2D eigenvalue weighted by atomic mass is 35.5. The SMILES string of the molecule is COc1ccc2[nH]c(C(=O)NCCc3ccc(Cl)cc3)cc2c1. The number of amides is 1. The van der Waals surface area contributed by atoms with Gasteiger partial charge in [0.1, 0.15) is 11.4 Å². The maximum absolute atomic E-state index is 12.2. The van der Waals surface area contributed by atoms with E-state index in [9.17, 15) is 4.79 Å². The Labute approximate surface area is 139 Å². The van der Waals surface area contributed by atoms with Crippen LogP contribution < -0.4 is 10.1 Å². The largest absolute Gasteiger partial charge is 0.497 e. The predicted molar refractivity (Wildman–Crippen MR) is 92.3 cm³/mol. The standard InChI is InChI=1S/C18H17ClN2O2/c1-23-15-6-7-16-13(10-15)11-17(21-16)18(22)20-9-8-12-2-4-14(19)5-3-12/h2-7,10-11,21H,8-9H2,1H3,(H,20,22). The second-order valence-corrected chi connectivity index (χ2v) is 5.70. The number of hydrogen-bond acceptors (Lipinski definition) is 2. The van der Waals surface area contributed by atoms with Crippen LogP contribution in [-0.4, -0.2) is 24.5 Å². The van der Waals surface area contributed by atoms with Crippen molar-refractivity contribution >= 4 is 28.4 Å². The number of halogens is 1. The van der Waals surface area contributed by atoms with E-state index < -0.39 is 0 Å². The van der Waals surface area contributed by atoms with Crippen LogP contribution in [-0.2, 0) is 6.42 Å². The molecule has 23 heavy (non-hydrogen) atoms. The lowest BCUT2D eigenvalue weighted by Gasteiger charge is -2.04. The van der Waals surface area contributed by atoms with Crippen molar-refractivity contribution in [2.24, 2.45) is 0 Å². The number of aromatic amines is 1. The lowest BCUT2D eigenvalue weighted by Crippen LogP contribution is -2.25. The zero-order valence-corrected chi connectivity index (χ0v) is 13.5. The van der Waals surface area contributed by atoms with E-state index in [2.05, 4.69) is 10.3 Å². The van der Waals surface area contributed by atoms with Gasteiger partial charge in [-0.2, -0.15) is 0 Å². The second-order valence-electron chi connectivity index (χ2n) is 5.27. The Hall–Kier alpha value is -2.46. The maximum Gasteiger partial charge on any atom is 0.267 e. The van der Waals surface area contributed by atoms with E-state index in [1.165, 1.54) is 0 Å². The number of methoxy groups -OCH3 is 1. The van der Waals surface area contributed by atoms with E-state index >= 15 is 0 Å². The van der Waals surface area contributed by atoms with Gasteiger partial charge in [-0.1, -0.05) is 23.7 Å². The monoisotopic (exact) mass is 328 g/mol. The zero-order valence-electron chi connectivity index (χ0n) is 12.7. The van der Waals surface area contributed by atoms with Crippen LogP contribution in [0.3, 0.4) is 0 Å². The average Bonchev–Trinajstić information content (AvgIpc) is 2.99. The number of nitrogens with one attached hydrogen (secondary N) is 2. The number of hydrogen-bond donors (Lipinski definition) is 2. The van der Waals surface area contributed by atoms with Crippen molar-refractivity contribution in [3.63, 3.8) is 0 Å². The van der Waals surface area contributed by atoms with Gasteiger partial charge in [-0.05, 0) is 48.4 Å². The Bertz CT molecular complexity index is 825. The summed E-state index contributed by atoms with van der Waals surface area (Å²) in [7, 11) is 1.62. The van der Waals surface area contributed by atoms with Gasteiger partial charge in [-0.25, -0.2) is 0 Å². The van der Waals surface area contributed by atoms with Crippen LogP contribution >= 0.6 is 11.6 Å². The first kappa shape index (κ1) is 15.4. The molecule has 0 unspecified atom stereocenters. The van der Waals surface area contributed by atoms with Crippen LogP contribution in [0.25, 0.3) is 10.9 Å². The quantitative estimate of drug-likeness (QED) is 0.748. The Morgan fingerprint density at radius 1 is 1.17 bits per heavy atom. The van der Waals surface area contributed by atoms with Gasteiger partial charge >= 0.3 is 0 Å². The molecule has 0 saturated carbocycles. The number of carbonyl (C=O) groups excluding carboxylic acids is 1. The maximum atomic E-state index is 12.2. The zero-order chi connectivity index (χ0) is 16.2. The minimum absolute atomic E-state index is 0.117. The Kier molecular flexibility index (Phi) is 4.53. The van der Waals surface area contributed by atoms with E-state index in [0.717, 1.165) is 28.6 Å². The smallest absolute Gasteiger partial charge is 0.267 e. The third kappa shape index (κ3) is 3.66. The number of aromatic nitrogens is 1. The van der Waals surface area contributed by atoms with Gasteiger partial charge in [-0.15, -0.1) is 0 Å².